The summed E-state index contributed by atoms with van der Waals surface area (Å²) in [6.45, 7) is 6.70. The molecule has 0 radical (unpaired) electrons. The van der Waals surface area contributed by atoms with E-state index in [2.05, 4.69) is 31.0 Å². The van der Waals surface area contributed by atoms with Gasteiger partial charge in [-0.05, 0) is 32.4 Å². The van der Waals surface area contributed by atoms with Crippen molar-refractivity contribution in [3.63, 3.8) is 0 Å². The second-order valence-electron chi connectivity index (χ2n) is 3.94. The largest absolute Gasteiger partial charge is 0.486 e. The summed E-state index contributed by atoms with van der Waals surface area (Å²) in [5.41, 5.74) is 3.49. The molecule has 0 aliphatic carbocycles. The van der Waals surface area contributed by atoms with Crippen molar-refractivity contribution < 1.29 is 4.74 Å². The van der Waals surface area contributed by atoms with Gasteiger partial charge in [0.05, 0.1) is 0 Å². The van der Waals surface area contributed by atoms with E-state index in [9.17, 15) is 0 Å². The van der Waals surface area contributed by atoms with E-state index in [1.807, 2.05) is 18.4 Å². The summed E-state index contributed by atoms with van der Waals surface area (Å²) >= 11 is 1.64. The van der Waals surface area contributed by atoms with Crippen LogP contribution in [0.5, 0.6) is 5.75 Å². The molecule has 2 rings (SSSR count). The van der Waals surface area contributed by atoms with Crippen molar-refractivity contribution in [1.29, 1.82) is 0 Å². The van der Waals surface area contributed by atoms with Crippen LogP contribution >= 0.6 is 11.3 Å². The molecule has 84 valence electrons. The monoisotopic (exact) mass is 233 g/mol. The number of aromatic nitrogens is 1. The first-order valence-corrected chi connectivity index (χ1v) is 6.14. The smallest absolute Gasteiger partial charge is 0.140 e. The highest BCUT2D eigenvalue weighted by atomic mass is 32.1. The molecule has 0 atom stereocenters. The minimum atomic E-state index is 0.558. The second-order valence-corrected chi connectivity index (χ2v) is 4.88. The maximum Gasteiger partial charge on any atom is 0.140 e. The molecule has 0 saturated heterocycles. The van der Waals surface area contributed by atoms with Crippen LogP contribution in [0.1, 0.15) is 21.8 Å². The van der Waals surface area contributed by atoms with Gasteiger partial charge in [-0.25, -0.2) is 4.98 Å². The van der Waals surface area contributed by atoms with E-state index >= 15 is 0 Å². The quantitative estimate of drug-likeness (QED) is 0.807. The van der Waals surface area contributed by atoms with Gasteiger partial charge in [0, 0.05) is 11.1 Å². The number of nitrogens with zero attached hydrogens (tertiary/aromatic N) is 1. The van der Waals surface area contributed by atoms with Crippen LogP contribution in [-0.4, -0.2) is 4.98 Å². The molecule has 2 aromatic rings. The van der Waals surface area contributed by atoms with Crippen molar-refractivity contribution in [2.45, 2.75) is 27.4 Å². The third-order valence-corrected chi connectivity index (χ3v) is 3.29. The Kier molecular flexibility index (Phi) is 3.25. The van der Waals surface area contributed by atoms with Crippen molar-refractivity contribution in [1.82, 2.24) is 4.98 Å². The Labute approximate surface area is 99.9 Å². The van der Waals surface area contributed by atoms with E-state index in [-0.39, 0.29) is 0 Å². The topological polar surface area (TPSA) is 22.1 Å². The number of hydrogen-bond acceptors (Lipinski definition) is 3. The number of thiazole rings is 1. The zero-order valence-electron chi connectivity index (χ0n) is 9.78. The van der Waals surface area contributed by atoms with Crippen LogP contribution in [0.15, 0.2) is 23.6 Å². The third kappa shape index (κ3) is 2.61. The normalized spacial score (nSPS) is 10.4. The molecule has 3 heteroatoms. The number of aryl methyl sites for hydroxylation is 3. The van der Waals surface area contributed by atoms with Crippen molar-refractivity contribution in [2.24, 2.45) is 0 Å². The lowest BCUT2D eigenvalue weighted by molar-refractivity contribution is 0.303. The Balaban J connectivity index is 2.04. The van der Waals surface area contributed by atoms with Crippen molar-refractivity contribution in [3.05, 3.63) is 45.4 Å². The molecule has 0 aliphatic heterocycles. The van der Waals surface area contributed by atoms with Crippen LogP contribution < -0.4 is 4.74 Å². The van der Waals surface area contributed by atoms with E-state index in [4.69, 9.17) is 4.74 Å². The number of benzene rings is 1. The Morgan fingerprint density at radius 3 is 2.69 bits per heavy atom. The Bertz CT molecular complexity index is 490. The first-order valence-electron chi connectivity index (χ1n) is 5.26. The van der Waals surface area contributed by atoms with Gasteiger partial charge in [-0.3, -0.25) is 0 Å². The second kappa shape index (κ2) is 4.66. The molecule has 0 bridgehead atoms. The van der Waals surface area contributed by atoms with Gasteiger partial charge in [0.15, 0.2) is 0 Å². The van der Waals surface area contributed by atoms with Crippen LogP contribution in [0.25, 0.3) is 0 Å². The van der Waals surface area contributed by atoms with E-state index in [0.29, 0.717) is 6.61 Å². The van der Waals surface area contributed by atoms with Crippen LogP contribution in [0.4, 0.5) is 0 Å². The summed E-state index contributed by atoms with van der Waals surface area (Å²) in [4.78, 5) is 4.37. The van der Waals surface area contributed by atoms with E-state index < -0.39 is 0 Å². The van der Waals surface area contributed by atoms with Gasteiger partial charge in [-0.2, -0.15) is 0 Å². The lowest BCUT2D eigenvalue weighted by atomic mass is 10.1. The van der Waals surface area contributed by atoms with Gasteiger partial charge in [0.1, 0.15) is 17.4 Å². The standard InChI is InChI=1S/C13H15NOS/c1-9-4-5-12(10(2)6-9)15-7-13-14-11(3)8-16-13/h4-6,8H,7H2,1-3H3. The minimum Gasteiger partial charge on any atom is -0.486 e. The van der Waals surface area contributed by atoms with E-state index in [1.54, 1.807) is 11.3 Å². The maximum absolute atomic E-state index is 5.74. The highest BCUT2D eigenvalue weighted by molar-refractivity contribution is 7.09. The lowest BCUT2D eigenvalue weighted by Gasteiger charge is -2.07. The molecular weight excluding hydrogens is 218 g/mol. The lowest BCUT2D eigenvalue weighted by Crippen LogP contribution is -1.96. The van der Waals surface area contributed by atoms with Gasteiger partial charge < -0.3 is 4.74 Å². The summed E-state index contributed by atoms with van der Waals surface area (Å²) in [6.07, 6.45) is 0. The van der Waals surface area contributed by atoms with Gasteiger partial charge in [-0.15, -0.1) is 11.3 Å². The number of rotatable bonds is 3. The molecule has 0 aliphatic rings. The fourth-order valence-corrected chi connectivity index (χ4v) is 2.25. The molecule has 1 aromatic carbocycles. The van der Waals surface area contributed by atoms with Gasteiger partial charge in [0.2, 0.25) is 0 Å². The highest BCUT2D eigenvalue weighted by Gasteiger charge is 2.02. The average Bonchev–Trinajstić information content (AvgIpc) is 2.63. The number of hydrogen-bond donors (Lipinski definition) is 0. The molecule has 0 amide bonds. The molecule has 1 heterocycles. The molecule has 1 aromatic heterocycles. The van der Waals surface area contributed by atoms with E-state index in [0.717, 1.165) is 16.5 Å². The summed E-state index contributed by atoms with van der Waals surface area (Å²) in [6, 6.07) is 6.21. The molecule has 0 N–H and O–H groups in total. The molecular formula is C13H15NOS. The third-order valence-electron chi connectivity index (χ3n) is 2.35. The molecule has 0 fully saturated rings. The molecule has 2 nitrogen and oxygen atoms in total. The molecule has 0 unspecified atom stereocenters. The fourth-order valence-electron chi connectivity index (χ4n) is 1.57. The number of ether oxygens (including phenoxy) is 1. The fraction of sp³-hybridized carbons (Fsp3) is 0.308. The van der Waals surface area contributed by atoms with E-state index in [1.165, 1.54) is 11.1 Å². The summed E-state index contributed by atoms with van der Waals surface area (Å²) in [5, 5.41) is 3.07. The molecule has 16 heavy (non-hydrogen) atoms. The predicted molar refractivity (Wildman–Crippen MR) is 67.1 cm³/mol. The highest BCUT2D eigenvalue weighted by Crippen LogP contribution is 2.20. The first-order chi connectivity index (χ1) is 7.65. The zero-order valence-corrected chi connectivity index (χ0v) is 10.6. The first kappa shape index (κ1) is 11.1. The van der Waals surface area contributed by atoms with Crippen LogP contribution in [0, 0.1) is 20.8 Å². The average molecular weight is 233 g/mol. The van der Waals surface area contributed by atoms with Crippen molar-refractivity contribution in [3.8, 4) is 5.75 Å². The van der Waals surface area contributed by atoms with Crippen LogP contribution in [0.2, 0.25) is 0 Å². The van der Waals surface area contributed by atoms with Gasteiger partial charge in [0.25, 0.3) is 0 Å². The summed E-state index contributed by atoms with van der Waals surface area (Å²) in [7, 11) is 0. The summed E-state index contributed by atoms with van der Waals surface area (Å²) in [5.74, 6) is 0.943. The van der Waals surface area contributed by atoms with Crippen LogP contribution in [-0.2, 0) is 6.61 Å². The Morgan fingerprint density at radius 2 is 2.06 bits per heavy atom. The minimum absolute atomic E-state index is 0.558. The van der Waals surface area contributed by atoms with Crippen LogP contribution in [0.3, 0.4) is 0 Å². The molecule has 0 spiro atoms. The SMILES string of the molecule is Cc1ccc(OCc2nc(C)cs2)c(C)c1. The Hall–Kier alpha value is -1.35. The maximum atomic E-state index is 5.74. The van der Waals surface area contributed by atoms with Gasteiger partial charge in [-0.1, -0.05) is 17.7 Å². The Morgan fingerprint density at radius 1 is 1.25 bits per heavy atom. The van der Waals surface area contributed by atoms with Gasteiger partial charge >= 0.3 is 0 Å². The zero-order chi connectivity index (χ0) is 11.5. The van der Waals surface area contributed by atoms with Crippen molar-refractivity contribution >= 4 is 11.3 Å². The summed E-state index contributed by atoms with van der Waals surface area (Å²) < 4.78 is 5.74. The molecule has 0 saturated carbocycles. The van der Waals surface area contributed by atoms with Crippen molar-refractivity contribution in [2.75, 3.05) is 0 Å². The predicted octanol–water partition coefficient (Wildman–Crippen LogP) is 3.65.